The molecule has 1 heterocycles. The fourth-order valence-electron chi connectivity index (χ4n) is 1.95. The Morgan fingerprint density at radius 3 is 2.63 bits per heavy atom. The predicted octanol–water partition coefficient (Wildman–Crippen LogP) is 1.63. The quantitative estimate of drug-likeness (QED) is 0.898. The first-order chi connectivity index (χ1) is 8.97. The molecule has 0 bridgehead atoms. The van der Waals surface area contributed by atoms with E-state index < -0.39 is 11.9 Å². The minimum Gasteiger partial charge on any atom is -0.481 e. The van der Waals surface area contributed by atoms with Crippen molar-refractivity contribution in [2.45, 2.75) is 19.9 Å². The van der Waals surface area contributed by atoms with Crippen LogP contribution in [-0.2, 0) is 16.1 Å². The molecule has 2 rings (SSSR count). The summed E-state index contributed by atoms with van der Waals surface area (Å²) in [4.78, 5) is 22.7. The van der Waals surface area contributed by atoms with E-state index in [0.29, 0.717) is 5.71 Å². The molecule has 1 aromatic rings. The normalized spacial score (nSPS) is 18.6. The molecule has 100 valence electrons. The number of aliphatic carboxylic acids is 1. The van der Waals surface area contributed by atoms with Gasteiger partial charge in [0.15, 0.2) is 0 Å². The lowest BCUT2D eigenvalue weighted by Crippen LogP contribution is -2.28. The van der Waals surface area contributed by atoms with Gasteiger partial charge in [-0.1, -0.05) is 12.1 Å². The van der Waals surface area contributed by atoms with Gasteiger partial charge < -0.3 is 5.11 Å². The number of halogens is 1. The molecule has 5 nitrogen and oxygen atoms in total. The van der Waals surface area contributed by atoms with Crippen molar-refractivity contribution in [1.29, 1.82) is 0 Å². The van der Waals surface area contributed by atoms with Crippen molar-refractivity contribution in [1.82, 2.24) is 5.01 Å². The van der Waals surface area contributed by atoms with E-state index in [-0.39, 0.29) is 24.7 Å². The van der Waals surface area contributed by atoms with Crippen molar-refractivity contribution in [3.8, 4) is 0 Å². The molecule has 1 amide bonds. The number of carboxylic acid groups (broad SMARTS) is 1. The van der Waals surface area contributed by atoms with Gasteiger partial charge in [-0.2, -0.15) is 5.10 Å². The van der Waals surface area contributed by atoms with Crippen LogP contribution in [0.5, 0.6) is 0 Å². The van der Waals surface area contributed by atoms with Gasteiger partial charge in [0, 0.05) is 5.71 Å². The molecule has 1 atom stereocenters. The number of hydrogen-bond donors (Lipinski definition) is 1. The number of carbonyl (C=O) groups excluding carboxylic acids is 1. The van der Waals surface area contributed by atoms with E-state index in [4.69, 9.17) is 5.11 Å². The van der Waals surface area contributed by atoms with Crippen LogP contribution in [0.25, 0.3) is 0 Å². The number of nitrogens with zero attached hydrogens (tertiary/aromatic N) is 2. The van der Waals surface area contributed by atoms with Crippen molar-refractivity contribution < 1.29 is 19.1 Å². The second-order valence-corrected chi connectivity index (χ2v) is 4.41. The lowest BCUT2D eigenvalue weighted by molar-refractivity contribution is -0.142. The van der Waals surface area contributed by atoms with Gasteiger partial charge >= 0.3 is 5.97 Å². The highest BCUT2D eigenvalue weighted by atomic mass is 19.1. The van der Waals surface area contributed by atoms with Crippen molar-refractivity contribution in [2.24, 2.45) is 11.0 Å². The molecule has 0 fully saturated rings. The van der Waals surface area contributed by atoms with Crippen molar-refractivity contribution in [3.05, 3.63) is 35.6 Å². The predicted molar refractivity (Wildman–Crippen MR) is 65.8 cm³/mol. The minimum atomic E-state index is -1.03. The fourth-order valence-corrected chi connectivity index (χ4v) is 1.95. The van der Waals surface area contributed by atoms with Crippen LogP contribution in [0, 0.1) is 11.7 Å². The van der Waals surface area contributed by atoms with Gasteiger partial charge in [-0.05, 0) is 24.6 Å². The molecule has 0 saturated carbocycles. The molecule has 1 aliphatic rings. The van der Waals surface area contributed by atoms with Gasteiger partial charge in [0.05, 0.1) is 18.9 Å². The largest absolute Gasteiger partial charge is 0.481 e. The number of benzene rings is 1. The topological polar surface area (TPSA) is 70.0 Å². The zero-order valence-corrected chi connectivity index (χ0v) is 10.3. The monoisotopic (exact) mass is 264 g/mol. The van der Waals surface area contributed by atoms with Gasteiger partial charge in [-0.3, -0.25) is 9.59 Å². The lowest BCUT2D eigenvalue weighted by Gasteiger charge is -2.13. The van der Waals surface area contributed by atoms with Crippen LogP contribution in [0.15, 0.2) is 29.4 Å². The van der Waals surface area contributed by atoms with Crippen molar-refractivity contribution >= 4 is 17.6 Å². The van der Waals surface area contributed by atoms with Crippen LogP contribution in [0.1, 0.15) is 18.9 Å². The molecular weight excluding hydrogens is 251 g/mol. The average molecular weight is 264 g/mol. The highest BCUT2D eigenvalue weighted by molar-refractivity contribution is 6.08. The Hall–Kier alpha value is -2.24. The van der Waals surface area contributed by atoms with Crippen LogP contribution in [-0.4, -0.2) is 27.7 Å². The molecule has 0 aliphatic carbocycles. The van der Waals surface area contributed by atoms with Crippen LogP contribution in [0.2, 0.25) is 0 Å². The molecule has 0 spiro atoms. The number of carboxylic acids is 1. The maximum absolute atomic E-state index is 12.8. The molecule has 1 unspecified atom stereocenters. The van der Waals surface area contributed by atoms with E-state index in [0.717, 1.165) is 5.56 Å². The van der Waals surface area contributed by atoms with Crippen LogP contribution < -0.4 is 0 Å². The first-order valence-electron chi connectivity index (χ1n) is 5.80. The summed E-state index contributed by atoms with van der Waals surface area (Å²) in [6.07, 6.45) is -0.256. The lowest BCUT2D eigenvalue weighted by atomic mass is 10.0. The van der Waals surface area contributed by atoms with E-state index in [1.165, 1.54) is 17.1 Å². The number of rotatable bonds is 4. The molecular formula is C13H13FN2O3. The van der Waals surface area contributed by atoms with E-state index in [2.05, 4.69) is 5.10 Å². The molecule has 0 aromatic heterocycles. The summed E-state index contributed by atoms with van der Waals surface area (Å²) >= 11 is 0. The highest BCUT2D eigenvalue weighted by Gasteiger charge is 2.34. The Labute approximate surface area is 109 Å². The molecule has 19 heavy (non-hydrogen) atoms. The average Bonchev–Trinajstić information content (AvgIpc) is 2.60. The van der Waals surface area contributed by atoms with E-state index in [1.807, 2.05) is 0 Å². The molecule has 0 radical (unpaired) electrons. The Kier molecular flexibility index (Phi) is 3.59. The second kappa shape index (κ2) is 5.17. The van der Waals surface area contributed by atoms with E-state index in [9.17, 15) is 14.0 Å². The Morgan fingerprint density at radius 1 is 1.42 bits per heavy atom. The summed E-state index contributed by atoms with van der Waals surface area (Å²) < 4.78 is 12.8. The third-order valence-corrected chi connectivity index (χ3v) is 2.96. The van der Waals surface area contributed by atoms with Gasteiger partial charge in [0.2, 0.25) is 0 Å². The van der Waals surface area contributed by atoms with Crippen LogP contribution in [0.3, 0.4) is 0 Å². The number of carbonyl (C=O) groups is 2. The summed E-state index contributed by atoms with van der Waals surface area (Å²) in [5, 5.41) is 14.0. The Morgan fingerprint density at radius 2 is 2.05 bits per heavy atom. The fraction of sp³-hybridized carbons (Fsp3) is 0.308. The van der Waals surface area contributed by atoms with E-state index in [1.54, 1.807) is 19.1 Å². The standard InChI is InChI=1S/C13H13FN2O3/c1-8-11(6-12(17)18)13(19)16(15-8)7-9-2-4-10(14)5-3-9/h2-5,11H,6-7H2,1H3,(H,17,18). The zero-order chi connectivity index (χ0) is 14.0. The maximum Gasteiger partial charge on any atom is 0.304 e. The SMILES string of the molecule is CC1=NN(Cc2ccc(F)cc2)C(=O)C1CC(=O)O. The summed E-state index contributed by atoms with van der Waals surface area (Å²) in [5.74, 6) is -2.40. The zero-order valence-electron chi connectivity index (χ0n) is 10.3. The smallest absolute Gasteiger partial charge is 0.304 e. The summed E-state index contributed by atoms with van der Waals surface area (Å²) in [5.41, 5.74) is 1.23. The third-order valence-electron chi connectivity index (χ3n) is 2.96. The molecule has 1 aromatic carbocycles. The van der Waals surface area contributed by atoms with Crippen LogP contribution >= 0.6 is 0 Å². The minimum absolute atomic E-state index is 0.215. The van der Waals surface area contributed by atoms with Gasteiger partial charge in [0.1, 0.15) is 5.82 Å². The first-order valence-corrected chi connectivity index (χ1v) is 5.80. The molecule has 1 N–H and O–H groups in total. The molecule has 1 aliphatic heterocycles. The maximum atomic E-state index is 12.8. The van der Waals surface area contributed by atoms with Crippen LogP contribution in [0.4, 0.5) is 4.39 Å². The number of hydrogen-bond acceptors (Lipinski definition) is 3. The molecule has 0 saturated heterocycles. The van der Waals surface area contributed by atoms with Gasteiger partial charge in [-0.25, -0.2) is 9.40 Å². The van der Waals surface area contributed by atoms with Crippen molar-refractivity contribution in [2.75, 3.05) is 0 Å². The van der Waals surface area contributed by atoms with Gasteiger partial charge in [-0.15, -0.1) is 0 Å². The first kappa shape index (κ1) is 13.2. The highest BCUT2D eigenvalue weighted by Crippen LogP contribution is 2.21. The Bertz CT molecular complexity index is 539. The number of amides is 1. The summed E-state index contributed by atoms with van der Waals surface area (Å²) in [7, 11) is 0. The van der Waals surface area contributed by atoms with E-state index >= 15 is 0 Å². The Balaban J connectivity index is 2.08. The number of hydrazone groups is 1. The summed E-state index contributed by atoms with van der Waals surface area (Å²) in [6, 6.07) is 5.75. The second-order valence-electron chi connectivity index (χ2n) is 4.41. The van der Waals surface area contributed by atoms with Crippen molar-refractivity contribution in [3.63, 3.8) is 0 Å². The summed E-state index contributed by atoms with van der Waals surface area (Å²) in [6.45, 7) is 1.85. The third kappa shape index (κ3) is 2.96. The molecule has 6 heteroatoms. The van der Waals surface area contributed by atoms with Gasteiger partial charge in [0.25, 0.3) is 5.91 Å².